The molecule has 1 aromatic heterocycles. The van der Waals surface area contributed by atoms with Crippen LogP contribution in [0.3, 0.4) is 0 Å². The molecule has 0 atom stereocenters. The molecular formula is C21H23ClN4O2. The minimum atomic E-state index is -0.316. The predicted molar refractivity (Wildman–Crippen MR) is 110 cm³/mol. The number of halogens is 1. The van der Waals surface area contributed by atoms with Crippen molar-refractivity contribution in [1.29, 1.82) is 0 Å². The topological polar surface area (TPSA) is 69.0 Å². The highest BCUT2D eigenvalue weighted by molar-refractivity contribution is 6.30. The maximum absolute atomic E-state index is 12.5. The van der Waals surface area contributed by atoms with Gasteiger partial charge < -0.3 is 10.1 Å². The van der Waals surface area contributed by atoms with Gasteiger partial charge >= 0.3 is 0 Å². The van der Waals surface area contributed by atoms with Crippen LogP contribution in [-0.4, -0.2) is 40.9 Å². The Labute approximate surface area is 169 Å². The number of hydrogen-bond acceptors (Lipinski definition) is 4. The monoisotopic (exact) mass is 398 g/mol. The van der Waals surface area contributed by atoms with E-state index in [9.17, 15) is 4.79 Å². The molecule has 146 valence electrons. The molecular weight excluding hydrogens is 376 g/mol. The van der Waals surface area contributed by atoms with Gasteiger partial charge in [-0.05, 0) is 44.0 Å². The third-order valence-electron chi connectivity index (χ3n) is 4.30. The van der Waals surface area contributed by atoms with Gasteiger partial charge in [0.1, 0.15) is 0 Å². The number of hydrogen-bond donors (Lipinski definition) is 1. The molecule has 0 aliphatic rings. The van der Waals surface area contributed by atoms with Gasteiger partial charge in [-0.3, -0.25) is 4.79 Å². The van der Waals surface area contributed by atoms with Crippen molar-refractivity contribution in [2.24, 2.45) is 0 Å². The molecule has 6 nitrogen and oxygen atoms in total. The van der Waals surface area contributed by atoms with Gasteiger partial charge in [0, 0.05) is 30.8 Å². The second-order valence-corrected chi connectivity index (χ2v) is 7.01. The third kappa shape index (κ3) is 4.58. The Balaban J connectivity index is 2.03. The summed E-state index contributed by atoms with van der Waals surface area (Å²) in [6.45, 7) is 5.06. The van der Waals surface area contributed by atoms with Crippen LogP contribution in [0.4, 0.5) is 0 Å². The Morgan fingerprint density at radius 3 is 2.79 bits per heavy atom. The number of methoxy groups -OCH3 is 1. The zero-order chi connectivity index (χ0) is 20.1. The highest BCUT2D eigenvalue weighted by atomic mass is 35.5. The first-order valence-corrected chi connectivity index (χ1v) is 9.45. The molecule has 0 saturated heterocycles. The number of rotatable bonds is 7. The molecule has 0 radical (unpaired) electrons. The lowest BCUT2D eigenvalue weighted by Crippen LogP contribution is -2.26. The molecule has 0 saturated carbocycles. The number of nitrogens with one attached hydrogen (secondary N) is 1. The van der Waals surface area contributed by atoms with Crippen molar-refractivity contribution in [1.82, 2.24) is 20.1 Å². The number of aryl methyl sites for hydroxylation is 2. The van der Waals surface area contributed by atoms with E-state index in [-0.39, 0.29) is 11.7 Å². The average molecular weight is 399 g/mol. The molecule has 2 aromatic carbocycles. The smallest absolute Gasteiger partial charge is 0.290 e. The molecule has 1 N–H and O–H groups in total. The number of carbonyl (C=O) groups excluding carboxylic acids is 1. The van der Waals surface area contributed by atoms with Gasteiger partial charge in [-0.25, -0.2) is 9.67 Å². The third-order valence-corrected chi connectivity index (χ3v) is 4.53. The van der Waals surface area contributed by atoms with E-state index in [1.165, 1.54) is 0 Å². The molecule has 28 heavy (non-hydrogen) atoms. The summed E-state index contributed by atoms with van der Waals surface area (Å²) in [4.78, 5) is 17.1. The summed E-state index contributed by atoms with van der Waals surface area (Å²) >= 11 is 6.21. The second-order valence-electron chi connectivity index (χ2n) is 6.57. The predicted octanol–water partition coefficient (Wildman–Crippen LogP) is 3.97. The number of carbonyl (C=O) groups is 1. The lowest BCUT2D eigenvalue weighted by molar-refractivity contribution is 0.0938. The van der Waals surface area contributed by atoms with Gasteiger partial charge in [-0.1, -0.05) is 41.4 Å². The zero-order valence-corrected chi connectivity index (χ0v) is 17.0. The first-order chi connectivity index (χ1) is 13.5. The Morgan fingerprint density at radius 2 is 2.04 bits per heavy atom. The van der Waals surface area contributed by atoms with Crippen LogP contribution in [0.25, 0.3) is 17.1 Å². The highest BCUT2D eigenvalue weighted by Gasteiger charge is 2.19. The molecule has 0 unspecified atom stereocenters. The van der Waals surface area contributed by atoms with Crippen LogP contribution < -0.4 is 5.32 Å². The van der Waals surface area contributed by atoms with Crippen LogP contribution in [0.2, 0.25) is 5.02 Å². The Hall–Kier alpha value is -2.70. The standard InChI is InChI=1S/C21H23ClN4O2/c1-14-6-4-7-16(12-14)20-24-19(21(27)23-10-5-11-28-3)25-26(20)18-13-17(22)9-8-15(18)2/h4,6-9,12-13H,5,10-11H2,1-3H3,(H,23,27). The van der Waals surface area contributed by atoms with Crippen LogP contribution >= 0.6 is 11.6 Å². The van der Waals surface area contributed by atoms with E-state index in [2.05, 4.69) is 15.4 Å². The second kappa shape index (κ2) is 8.99. The van der Waals surface area contributed by atoms with Crippen molar-refractivity contribution < 1.29 is 9.53 Å². The van der Waals surface area contributed by atoms with Gasteiger partial charge in [0.05, 0.1) is 5.69 Å². The summed E-state index contributed by atoms with van der Waals surface area (Å²) in [5.41, 5.74) is 3.75. The maximum atomic E-state index is 12.5. The Bertz CT molecular complexity index is 984. The van der Waals surface area contributed by atoms with Crippen LogP contribution in [0.15, 0.2) is 42.5 Å². The van der Waals surface area contributed by atoms with Crippen molar-refractivity contribution in [2.45, 2.75) is 20.3 Å². The van der Waals surface area contributed by atoms with E-state index in [0.29, 0.717) is 24.0 Å². The van der Waals surface area contributed by atoms with Gasteiger partial charge in [0.15, 0.2) is 5.82 Å². The molecule has 0 aliphatic heterocycles. The molecule has 3 rings (SSSR count). The summed E-state index contributed by atoms with van der Waals surface area (Å²) < 4.78 is 6.69. The number of aromatic nitrogens is 3. The van der Waals surface area contributed by atoms with Gasteiger partial charge in [0.2, 0.25) is 5.82 Å². The Morgan fingerprint density at radius 1 is 1.21 bits per heavy atom. The summed E-state index contributed by atoms with van der Waals surface area (Å²) in [7, 11) is 1.63. The van der Waals surface area contributed by atoms with E-state index in [4.69, 9.17) is 16.3 Å². The molecule has 7 heteroatoms. The maximum Gasteiger partial charge on any atom is 0.290 e. The number of nitrogens with zero attached hydrogens (tertiary/aromatic N) is 3. The number of benzene rings is 2. The molecule has 0 aliphatic carbocycles. The summed E-state index contributed by atoms with van der Waals surface area (Å²) in [6.07, 6.45) is 0.723. The van der Waals surface area contributed by atoms with Crippen LogP contribution in [0, 0.1) is 13.8 Å². The van der Waals surface area contributed by atoms with Crippen molar-refractivity contribution in [3.8, 4) is 17.1 Å². The van der Waals surface area contributed by atoms with Gasteiger partial charge in [-0.2, -0.15) is 0 Å². The van der Waals surface area contributed by atoms with Crippen LogP contribution in [0.1, 0.15) is 28.2 Å². The summed E-state index contributed by atoms with van der Waals surface area (Å²) in [5, 5.41) is 7.92. The quantitative estimate of drug-likeness (QED) is 0.611. The summed E-state index contributed by atoms with van der Waals surface area (Å²) in [5.74, 6) is 0.396. The largest absolute Gasteiger partial charge is 0.385 e. The molecule has 1 amide bonds. The molecule has 0 fully saturated rings. The lowest BCUT2D eigenvalue weighted by Gasteiger charge is -2.10. The molecule has 1 heterocycles. The van der Waals surface area contributed by atoms with Crippen molar-refractivity contribution in [2.75, 3.05) is 20.3 Å². The summed E-state index contributed by atoms with van der Waals surface area (Å²) in [6, 6.07) is 13.5. The molecule has 0 spiro atoms. The van der Waals surface area contributed by atoms with Crippen LogP contribution in [-0.2, 0) is 4.74 Å². The zero-order valence-electron chi connectivity index (χ0n) is 16.2. The minimum absolute atomic E-state index is 0.119. The van der Waals surface area contributed by atoms with Gasteiger partial charge in [-0.15, -0.1) is 5.10 Å². The number of amides is 1. The Kier molecular flexibility index (Phi) is 6.44. The van der Waals surface area contributed by atoms with Crippen molar-refractivity contribution in [3.63, 3.8) is 0 Å². The number of ether oxygens (including phenoxy) is 1. The highest BCUT2D eigenvalue weighted by Crippen LogP contribution is 2.26. The first kappa shape index (κ1) is 20.0. The van der Waals surface area contributed by atoms with E-state index >= 15 is 0 Å². The van der Waals surface area contributed by atoms with Crippen molar-refractivity contribution >= 4 is 17.5 Å². The molecule has 3 aromatic rings. The van der Waals surface area contributed by atoms with E-state index in [1.807, 2.05) is 56.3 Å². The van der Waals surface area contributed by atoms with Crippen LogP contribution in [0.5, 0.6) is 0 Å². The average Bonchev–Trinajstić information content (AvgIpc) is 3.12. The fraction of sp³-hybridized carbons (Fsp3) is 0.286. The van der Waals surface area contributed by atoms with E-state index in [1.54, 1.807) is 11.8 Å². The minimum Gasteiger partial charge on any atom is -0.385 e. The lowest BCUT2D eigenvalue weighted by atomic mass is 10.1. The SMILES string of the molecule is COCCCNC(=O)c1nc(-c2cccc(C)c2)n(-c2cc(Cl)ccc2C)n1. The fourth-order valence-electron chi connectivity index (χ4n) is 2.86. The first-order valence-electron chi connectivity index (χ1n) is 9.07. The van der Waals surface area contributed by atoms with Crippen molar-refractivity contribution in [3.05, 3.63) is 64.4 Å². The molecule has 0 bridgehead atoms. The van der Waals surface area contributed by atoms with E-state index < -0.39 is 0 Å². The normalized spacial score (nSPS) is 10.9. The fourth-order valence-corrected chi connectivity index (χ4v) is 3.02. The van der Waals surface area contributed by atoms with Gasteiger partial charge in [0.25, 0.3) is 5.91 Å². The van der Waals surface area contributed by atoms with E-state index in [0.717, 1.165) is 28.8 Å².